The Morgan fingerprint density at radius 1 is 0.969 bits per heavy atom. The van der Waals surface area contributed by atoms with Gasteiger partial charge in [0.15, 0.2) is 0 Å². The fourth-order valence-corrected chi connectivity index (χ4v) is 2.75. The molecule has 0 aliphatic heterocycles. The smallest absolute Gasteiger partial charge is 0.416 e. The Balaban J connectivity index is 1.61. The van der Waals surface area contributed by atoms with Crippen molar-refractivity contribution < 1.29 is 27.5 Å². The van der Waals surface area contributed by atoms with Crippen LogP contribution in [0.15, 0.2) is 60.9 Å². The number of nitrogens with zero attached hydrogens (tertiary/aromatic N) is 2. The summed E-state index contributed by atoms with van der Waals surface area (Å²) >= 11 is 0. The summed E-state index contributed by atoms with van der Waals surface area (Å²) in [6.07, 6.45) is -3.40. The van der Waals surface area contributed by atoms with Gasteiger partial charge in [-0.15, -0.1) is 0 Å². The van der Waals surface area contributed by atoms with Gasteiger partial charge < -0.3 is 15.4 Å². The SMILES string of the molecule is CCC(=O)Nc1cc(Oc2ccc(NC(=O)Cc3ccccc3C(F)(F)F)cc2)ncn1. The van der Waals surface area contributed by atoms with E-state index in [4.69, 9.17) is 4.74 Å². The first-order valence-corrected chi connectivity index (χ1v) is 9.59. The third kappa shape index (κ3) is 6.27. The number of nitrogens with one attached hydrogen (secondary N) is 2. The zero-order valence-electron chi connectivity index (χ0n) is 16.9. The molecule has 1 heterocycles. The number of aromatic nitrogens is 2. The van der Waals surface area contributed by atoms with Crippen molar-refractivity contribution in [2.75, 3.05) is 10.6 Å². The van der Waals surface area contributed by atoms with Crippen molar-refractivity contribution in [1.82, 2.24) is 9.97 Å². The van der Waals surface area contributed by atoms with E-state index in [1.54, 1.807) is 31.2 Å². The summed E-state index contributed by atoms with van der Waals surface area (Å²) in [6, 6.07) is 12.6. The van der Waals surface area contributed by atoms with E-state index >= 15 is 0 Å². The molecule has 2 N–H and O–H groups in total. The van der Waals surface area contributed by atoms with Crippen LogP contribution in [0.3, 0.4) is 0 Å². The van der Waals surface area contributed by atoms with Gasteiger partial charge in [0.05, 0.1) is 12.0 Å². The highest BCUT2D eigenvalue weighted by Crippen LogP contribution is 2.32. The number of alkyl halides is 3. The average Bonchev–Trinajstić information content (AvgIpc) is 2.75. The molecule has 32 heavy (non-hydrogen) atoms. The average molecular weight is 444 g/mol. The highest BCUT2D eigenvalue weighted by molar-refractivity contribution is 5.92. The lowest BCUT2D eigenvalue weighted by Crippen LogP contribution is -2.17. The van der Waals surface area contributed by atoms with E-state index in [1.807, 2.05) is 0 Å². The molecule has 0 fully saturated rings. The predicted molar refractivity (Wildman–Crippen MR) is 111 cm³/mol. The number of amides is 2. The van der Waals surface area contributed by atoms with Crippen LogP contribution in [-0.2, 0) is 22.2 Å². The fraction of sp³-hybridized carbons (Fsp3) is 0.182. The van der Waals surface area contributed by atoms with Crippen LogP contribution in [0, 0.1) is 0 Å². The normalized spacial score (nSPS) is 11.0. The van der Waals surface area contributed by atoms with Crippen molar-refractivity contribution >= 4 is 23.3 Å². The molecule has 0 saturated carbocycles. The molecule has 0 spiro atoms. The van der Waals surface area contributed by atoms with Crippen molar-refractivity contribution in [1.29, 1.82) is 0 Å². The van der Waals surface area contributed by atoms with Crippen LogP contribution in [0.1, 0.15) is 24.5 Å². The van der Waals surface area contributed by atoms with E-state index in [-0.39, 0.29) is 17.4 Å². The number of benzene rings is 2. The zero-order valence-corrected chi connectivity index (χ0v) is 16.9. The van der Waals surface area contributed by atoms with E-state index in [0.29, 0.717) is 23.7 Å². The molecule has 0 atom stereocenters. The summed E-state index contributed by atoms with van der Waals surface area (Å²) in [7, 11) is 0. The van der Waals surface area contributed by atoms with E-state index in [2.05, 4.69) is 20.6 Å². The standard InChI is InChI=1S/C22H19F3N4O3/c1-2-19(30)29-18-12-21(27-13-26-18)32-16-9-7-15(8-10-16)28-20(31)11-14-5-3-4-6-17(14)22(23,24)25/h3-10,12-13H,2,11H2,1H3,(H,28,31)(H,26,27,29,30). The lowest BCUT2D eigenvalue weighted by molar-refractivity contribution is -0.138. The summed E-state index contributed by atoms with van der Waals surface area (Å²) in [6.45, 7) is 1.71. The Morgan fingerprint density at radius 3 is 2.38 bits per heavy atom. The maximum absolute atomic E-state index is 13.1. The molecule has 166 valence electrons. The van der Waals surface area contributed by atoms with Gasteiger partial charge in [-0.05, 0) is 35.9 Å². The molecule has 3 rings (SSSR count). The van der Waals surface area contributed by atoms with Gasteiger partial charge in [0.2, 0.25) is 17.7 Å². The maximum Gasteiger partial charge on any atom is 0.416 e. The van der Waals surface area contributed by atoms with Gasteiger partial charge in [0.1, 0.15) is 17.9 Å². The van der Waals surface area contributed by atoms with E-state index < -0.39 is 24.1 Å². The molecule has 0 saturated heterocycles. The monoisotopic (exact) mass is 444 g/mol. The summed E-state index contributed by atoms with van der Waals surface area (Å²) in [5.41, 5.74) is -0.546. The Labute approximate surface area is 181 Å². The Bertz CT molecular complexity index is 1100. The van der Waals surface area contributed by atoms with Crippen LogP contribution in [-0.4, -0.2) is 21.8 Å². The fourth-order valence-electron chi connectivity index (χ4n) is 2.75. The first kappa shape index (κ1) is 22.7. The minimum absolute atomic E-state index is 0.104. The van der Waals surface area contributed by atoms with Crippen molar-refractivity contribution in [3.8, 4) is 11.6 Å². The first-order chi connectivity index (χ1) is 15.2. The van der Waals surface area contributed by atoms with Gasteiger partial charge >= 0.3 is 6.18 Å². The lowest BCUT2D eigenvalue weighted by atomic mass is 10.0. The number of halogens is 3. The Morgan fingerprint density at radius 2 is 1.69 bits per heavy atom. The molecule has 7 nitrogen and oxygen atoms in total. The summed E-state index contributed by atoms with van der Waals surface area (Å²) < 4.78 is 44.8. The minimum atomic E-state index is -4.53. The molecule has 10 heteroatoms. The van der Waals surface area contributed by atoms with Gasteiger partial charge in [0, 0.05) is 18.2 Å². The minimum Gasteiger partial charge on any atom is -0.439 e. The van der Waals surface area contributed by atoms with Crippen LogP contribution in [0.25, 0.3) is 0 Å². The highest BCUT2D eigenvalue weighted by atomic mass is 19.4. The molecular weight excluding hydrogens is 425 g/mol. The number of anilines is 2. The van der Waals surface area contributed by atoms with Crippen molar-refractivity contribution in [3.63, 3.8) is 0 Å². The topological polar surface area (TPSA) is 93.2 Å². The maximum atomic E-state index is 13.1. The molecule has 0 aliphatic carbocycles. The van der Waals surface area contributed by atoms with Crippen LogP contribution < -0.4 is 15.4 Å². The second kappa shape index (κ2) is 9.90. The molecule has 2 amide bonds. The van der Waals surface area contributed by atoms with E-state index in [0.717, 1.165) is 6.07 Å². The Kier molecular flexibility index (Phi) is 7.04. The second-order valence-corrected chi connectivity index (χ2v) is 6.65. The van der Waals surface area contributed by atoms with Crippen LogP contribution in [0.2, 0.25) is 0 Å². The lowest BCUT2D eigenvalue weighted by Gasteiger charge is -2.13. The Hall–Kier alpha value is -3.95. The molecule has 2 aromatic carbocycles. The molecule has 1 aromatic heterocycles. The van der Waals surface area contributed by atoms with Crippen molar-refractivity contribution in [3.05, 3.63) is 72.1 Å². The molecule has 0 unspecified atom stereocenters. The van der Waals surface area contributed by atoms with Gasteiger partial charge in [-0.1, -0.05) is 25.1 Å². The van der Waals surface area contributed by atoms with Gasteiger partial charge in [-0.3, -0.25) is 9.59 Å². The number of ether oxygens (including phenoxy) is 1. The molecule has 3 aromatic rings. The third-order valence-electron chi connectivity index (χ3n) is 4.26. The number of carbonyl (C=O) groups is 2. The zero-order chi connectivity index (χ0) is 23.1. The summed E-state index contributed by atoms with van der Waals surface area (Å²) in [4.78, 5) is 31.6. The van der Waals surface area contributed by atoms with Crippen LogP contribution in [0.5, 0.6) is 11.6 Å². The second-order valence-electron chi connectivity index (χ2n) is 6.65. The number of hydrogen-bond donors (Lipinski definition) is 2. The van der Waals surface area contributed by atoms with Gasteiger partial charge in [-0.2, -0.15) is 13.2 Å². The summed E-state index contributed by atoms with van der Waals surface area (Å²) in [5, 5.41) is 5.16. The molecule has 0 aliphatic rings. The van der Waals surface area contributed by atoms with Gasteiger partial charge in [-0.25, -0.2) is 9.97 Å². The largest absolute Gasteiger partial charge is 0.439 e. The molecule has 0 bridgehead atoms. The first-order valence-electron chi connectivity index (χ1n) is 9.59. The third-order valence-corrected chi connectivity index (χ3v) is 4.26. The van der Waals surface area contributed by atoms with E-state index in [9.17, 15) is 22.8 Å². The number of hydrogen-bond acceptors (Lipinski definition) is 5. The number of rotatable bonds is 7. The quantitative estimate of drug-likeness (QED) is 0.545. The van der Waals surface area contributed by atoms with Gasteiger partial charge in [0.25, 0.3) is 0 Å². The molecule has 0 radical (unpaired) electrons. The van der Waals surface area contributed by atoms with Crippen molar-refractivity contribution in [2.45, 2.75) is 25.9 Å². The predicted octanol–water partition coefficient (Wildman–Crippen LogP) is 4.82. The number of carbonyl (C=O) groups excluding carboxylic acids is 2. The molecular formula is C22H19F3N4O3. The highest BCUT2D eigenvalue weighted by Gasteiger charge is 2.33. The van der Waals surface area contributed by atoms with Crippen LogP contribution >= 0.6 is 0 Å². The van der Waals surface area contributed by atoms with E-state index in [1.165, 1.54) is 30.6 Å². The van der Waals surface area contributed by atoms with Crippen molar-refractivity contribution in [2.24, 2.45) is 0 Å². The van der Waals surface area contributed by atoms with Crippen LogP contribution in [0.4, 0.5) is 24.7 Å². The summed E-state index contributed by atoms with van der Waals surface area (Å²) in [5.74, 6) is 0.115.